The molecule has 34 heavy (non-hydrogen) atoms. The smallest absolute Gasteiger partial charge is 0.261 e. The molecule has 7 nitrogen and oxygen atoms in total. The van der Waals surface area contributed by atoms with Crippen LogP contribution in [0.1, 0.15) is 52.8 Å². The molecule has 0 aliphatic heterocycles. The first-order valence-corrected chi connectivity index (χ1v) is 11.8. The molecule has 0 radical (unpaired) electrons. The van der Waals surface area contributed by atoms with Crippen molar-refractivity contribution in [2.75, 3.05) is 5.32 Å². The van der Waals surface area contributed by atoms with Gasteiger partial charge in [0.05, 0.1) is 22.5 Å². The third-order valence-corrected chi connectivity index (χ3v) is 6.45. The van der Waals surface area contributed by atoms with Crippen LogP contribution in [-0.2, 0) is 0 Å². The monoisotopic (exact) mass is 473 g/mol. The number of carbonyl (C=O) groups is 2. The molecule has 0 spiro atoms. The van der Waals surface area contributed by atoms with Gasteiger partial charge in [-0.1, -0.05) is 61.2 Å². The lowest BCUT2D eigenvalue weighted by Gasteiger charge is -2.23. The normalized spacial score (nSPS) is 14.1. The topological polar surface area (TPSA) is 88.4 Å². The van der Waals surface area contributed by atoms with E-state index in [2.05, 4.69) is 20.7 Å². The van der Waals surface area contributed by atoms with Crippen LogP contribution in [-0.4, -0.2) is 32.5 Å². The number of benzene rings is 2. The van der Waals surface area contributed by atoms with E-state index in [4.69, 9.17) is 11.6 Å². The Labute approximate surface area is 202 Å². The van der Waals surface area contributed by atoms with Crippen LogP contribution in [0.4, 0.5) is 5.69 Å². The van der Waals surface area contributed by atoms with Crippen LogP contribution < -0.4 is 10.6 Å². The standard InChI is InChI=1S/C26H24ClN5O2/c27-22-12-11-19(15-20(22)25(33)30-18-9-5-2-6-10-18)31-26(34)21-16-29-32-23(13-14-28-24(21)32)17-7-3-1-4-8-17/h1,3-4,7-8,11-16,18H,2,5-6,9-10H2,(H,30,33)(H,31,34). The lowest BCUT2D eigenvalue weighted by Crippen LogP contribution is -2.36. The summed E-state index contributed by atoms with van der Waals surface area (Å²) in [5, 5.41) is 10.7. The van der Waals surface area contributed by atoms with Crippen molar-refractivity contribution in [2.24, 2.45) is 0 Å². The van der Waals surface area contributed by atoms with E-state index in [9.17, 15) is 9.59 Å². The van der Waals surface area contributed by atoms with Gasteiger partial charge in [-0.05, 0) is 37.1 Å². The first-order chi connectivity index (χ1) is 16.6. The van der Waals surface area contributed by atoms with Crippen molar-refractivity contribution in [2.45, 2.75) is 38.1 Å². The van der Waals surface area contributed by atoms with Crippen LogP contribution in [0.15, 0.2) is 67.0 Å². The molecule has 1 saturated carbocycles. The fraction of sp³-hybridized carbons (Fsp3) is 0.231. The van der Waals surface area contributed by atoms with Crippen molar-refractivity contribution in [3.8, 4) is 11.3 Å². The Balaban J connectivity index is 1.37. The van der Waals surface area contributed by atoms with Crippen LogP contribution in [0.25, 0.3) is 16.9 Å². The van der Waals surface area contributed by atoms with Gasteiger partial charge in [0.25, 0.3) is 11.8 Å². The predicted octanol–water partition coefficient (Wildman–Crippen LogP) is 5.36. The van der Waals surface area contributed by atoms with Gasteiger partial charge in [-0.3, -0.25) is 9.59 Å². The summed E-state index contributed by atoms with van der Waals surface area (Å²) in [5.41, 5.74) is 3.40. The molecular formula is C26H24ClN5O2. The second-order valence-corrected chi connectivity index (χ2v) is 8.85. The van der Waals surface area contributed by atoms with Gasteiger partial charge in [-0.25, -0.2) is 9.50 Å². The van der Waals surface area contributed by atoms with Crippen molar-refractivity contribution in [1.29, 1.82) is 0 Å². The molecule has 1 aliphatic rings. The molecule has 2 aromatic heterocycles. The predicted molar refractivity (Wildman–Crippen MR) is 132 cm³/mol. The summed E-state index contributed by atoms with van der Waals surface area (Å²) in [6, 6.07) is 16.7. The number of halogens is 1. The quantitative estimate of drug-likeness (QED) is 0.408. The van der Waals surface area contributed by atoms with Crippen molar-refractivity contribution < 1.29 is 9.59 Å². The summed E-state index contributed by atoms with van der Waals surface area (Å²) >= 11 is 6.30. The molecule has 8 heteroatoms. The van der Waals surface area contributed by atoms with Gasteiger partial charge in [0.15, 0.2) is 5.65 Å². The Morgan fingerprint density at radius 3 is 2.53 bits per heavy atom. The SMILES string of the molecule is O=C(NC1CCCCC1)c1cc(NC(=O)c2cnn3c(-c4ccccc4)ccnc23)ccc1Cl. The zero-order chi connectivity index (χ0) is 23.5. The molecule has 2 amide bonds. The van der Waals surface area contributed by atoms with E-state index >= 15 is 0 Å². The first kappa shape index (κ1) is 22.1. The Hall–Kier alpha value is -3.71. The summed E-state index contributed by atoms with van der Waals surface area (Å²) in [6.45, 7) is 0. The fourth-order valence-corrected chi connectivity index (χ4v) is 4.57. The largest absolute Gasteiger partial charge is 0.349 e. The number of nitrogens with zero attached hydrogens (tertiary/aromatic N) is 3. The van der Waals surface area contributed by atoms with E-state index in [1.807, 2.05) is 36.4 Å². The number of hydrogen-bond acceptors (Lipinski definition) is 4. The highest BCUT2D eigenvalue weighted by Crippen LogP contribution is 2.24. The Morgan fingerprint density at radius 2 is 1.74 bits per heavy atom. The number of nitrogens with one attached hydrogen (secondary N) is 2. The van der Waals surface area contributed by atoms with Gasteiger partial charge < -0.3 is 10.6 Å². The minimum Gasteiger partial charge on any atom is -0.349 e. The number of anilines is 1. The minimum atomic E-state index is -0.367. The molecule has 0 saturated heterocycles. The summed E-state index contributed by atoms with van der Waals surface area (Å²) in [7, 11) is 0. The van der Waals surface area contributed by atoms with E-state index in [-0.39, 0.29) is 17.9 Å². The minimum absolute atomic E-state index is 0.166. The van der Waals surface area contributed by atoms with Crippen LogP contribution in [0.3, 0.4) is 0 Å². The summed E-state index contributed by atoms with van der Waals surface area (Å²) < 4.78 is 1.65. The molecule has 172 valence electrons. The Morgan fingerprint density at radius 1 is 0.941 bits per heavy atom. The van der Waals surface area contributed by atoms with E-state index in [0.717, 1.165) is 36.9 Å². The molecule has 4 aromatic rings. The fourth-order valence-electron chi connectivity index (χ4n) is 4.36. The van der Waals surface area contributed by atoms with Crippen LogP contribution in [0, 0.1) is 0 Å². The molecule has 0 atom stereocenters. The Bertz CT molecular complexity index is 1350. The third kappa shape index (κ3) is 4.52. The lowest BCUT2D eigenvalue weighted by molar-refractivity contribution is 0.0926. The second-order valence-electron chi connectivity index (χ2n) is 8.45. The maximum Gasteiger partial charge on any atom is 0.261 e. The molecule has 1 aliphatic carbocycles. The zero-order valence-corrected chi connectivity index (χ0v) is 19.3. The van der Waals surface area contributed by atoms with Crippen LogP contribution >= 0.6 is 11.6 Å². The van der Waals surface area contributed by atoms with Crippen LogP contribution in [0.2, 0.25) is 5.02 Å². The van der Waals surface area contributed by atoms with E-state index < -0.39 is 0 Å². The molecule has 2 heterocycles. The van der Waals surface area contributed by atoms with E-state index in [1.165, 1.54) is 12.6 Å². The maximum atomic E-state index is 13.1. The highest BCUT2D eigenvalue weighted by Gasteiger charge is 2.20. The van der Waals surface area contributed by atoms with Crippen molar-refractivity contribution in [3.05, 3.63) is 83.1 Å². The zero-order valence-electron chi connectivity index (χ0n) is 18.5. The first-order valence-electron chi connectivity index (χ1n) is 11.4. The van der Waals surface area contributed by atoms with E-state index in [1.54, 1.807) is 28.9 Å². The number of rotatable bonds is 5. The highest BCUT2D eigenvalue weighted by atomic mass is 35.5. The van der Waals surface area contributed by atoms with Gasteiger partial charge in [0.1, 0.15) is 5.56 Å². The summed E-state index contributed by atoms with van der Waals surface area (Å²) in [4.78, 5) is 30.3. The second kappa shape index (κ2) is 9.65. The number of amides is 2. The molecule has 2 N–H and O–H groups in total. The molecular weight excluding hydrogens is 450 g/mol. The molecule has 2 aromatic carbocycles. The summed E-state index contributed by atoms with van der Waals surface area (Å²) in [6.07, 6.45) is 8.56. The average Bonchev–Trinajstić information content (AvgIpc) is 3.31. The lowest BCUT2D eigenvalue weighted by atomic mass is 9.95. The molecule has 5 rings (SSSR count). The van der Waals surface area contributed by atoms with E-state index in [0.29, 0.717) is 27.5 Å². The Kier molecular flexibility index (Phi) is 6.27. The number of fused-ring (bicyclic) bond motifs is 1. The highest BCUT2D eigenvalue weighted by molar-refractivity contribution is 6.34. The van der Waals surface area contributed by atoms with Gasteiger partial charge in [0, 0.05) is 23.5 Å². The van der Waals surface area contributed by atoms with Gasteiger partial charge in [0.2, 0.25) is 0 Å². The van der Waals surface area contributed by atoms with Crippen molar-refractivity contribution in [3.63, 3.8) is 0 Å². The average molecular weight is 474 g/mol. The number of carbonyl (C=O) groups excluding carboxylic acids is 2. The van der Waals surface area contributed by atoms with Gasteiger partial charge in [-0.15, -0.1) is 0 Å². The maximum absolute atomic E-state index is 13.1. The van der Waals surface area contributed by atoms with Crippen LogP contribution in [0.5, 0.6) is 0 Å². The van der Waals surface area contributed by atoms with Gasteiger partial charge >= 0.3 is 0 Å². The molecule has 1 fully saturated rings. The molecule has 0 unspecified atom stereocenters. The van der Waals surface area contributed by atoms with Gasteiger partial charge in [-0.2, -0.15) is 5.10 Å². The molecule has 0 bridgehead atoms. The van der Waals surface area contributed by atoms with Crippen molar-refractivity contribution in [1.82, 2.24) is 19.9 Å². The number of hydrogen-bond donors (Lipinski definition) is 2. The third-order valence-electron chi connectivity index (χ3n) is 6.12. The van der Waals surface area contributed by atoms with Crippen molar-refractivity contribution >= 4 is 34.7 Å². The summed E-state index contributed by atoms with van der Waals surface area (Å²) in [5.74, 6) is -0.591. The number of aromatic nitrogens is 3.